The summed E-state index contributed by atoms with van der Waals surface area (Å²) >= 11 is 0. The first-order valence-electron chi connectivity index (χ1n) is 10.7. The number of fused-ring (bicyclic) bond motifs is 1. The number of amides is 2. The van der Waals surface area contributed by atoms with Gasteiger partial charge < -0.3 is 15.0 Å². The quantitative estimate of drug-likeness (QED) is 0.746. The molecule has 0 aromatic heterocycles. The fourth-order valence-corrected chi connectivity index (χ4v) is 4.78. The number of carbonyl (C=O) groups excluding carboxylic acids is 1. The summed E-state index contributed by atoms with van der Waals surface area (Å²) in [7, 11) is 1.70. The lowest BCUT2D eigenvalue weighted by atomic mass is 9.87. The van der Waals surface area contributed by atoms with Crippen molar-refractivity contribution >= 4 is 6.03 Å². The van der Waals surface area contributed by atoms with Gasteiger partial charge in [0.1, 0.15) is 5.75 Å². The maximum Gasteiger partial charge on any atom is 0.317 e. The Morgan fingerprint density at radius 2 is 2.03 bits per heavy atom. The molecule has 30 heavy (non-hydrogen) atoms. The van der Waals surface area contributed by atoms with Crippen molar-refractivity contribution in [3.8, 4) is 5.75 Å². The number of nitrogens with zero attached hydrogens (tertiary/aromatic N) is 2. The number of hydrogen-bond donors (Lipinski definition) is 1. The summed E-state index contributed by atoms with van der Waals surface area (Å²) in [6, 6.07) is 17.0. The van der Waals surface area contributed by atoms with Crippen LogP contribution >= 0.6 is 0 Å². The lowest BCUT2D eigenvalue weighted by Gasteiger charge is -2.32. The smallest absolute Gasteiger partial charge is 0.317 e. The van der Waals surface area contributed by atoms with Crippen LogP contribution in [0.1, 0.15) is 22.6 Å². The van der Waals surface area contributed by atoms with Crippen molar-refractivity contribution in [1.29, 1.82) is 0 Å². The fraction of sp³-hybridized carbons (Fsp3) is 0.400. The molecule has 0 radical (unpaired) electrons. The van der Waals surface area contributed by atoms with Gasteiger partial charge in [0.05, 0.1) is 7.11 Å². The van der Waals surface area contributed by atoms with Gasteiger partial charge in [-0.25, -0.2) is 4.79 Å². The molecule has 2 amide bonds. The summed E-state index contributed by atoms with van der Waals surface area (Å²) < 4.78 is 5.45. The normalized spacial score (nSPS) is 21.2. The Labute approximate surface area is 179 Å². The predicted molar refractivity (Wildman–Crippen MR) is 120 cm³/mol. The second-order valence-electron chi connectivity index (χ2n) is 8.28. The van der Waals surface area contributed by atoms with Gasteiger partial charge >= 0.3 is 6.03 Å². The summed E-state index contributed by atoms with van der Waals surface area (Å²) in [5.74, 6) is 1.55. The van der Waals surface area contributed by atoms with Crippen molar-refractivity contribution < 1.29 is 9.53 Å². The minimum absolute atomic E-state index is 0.00529. The molecule has 1 saturated heterocycles. The molecule has 0 spiro atoms. The monoisotopic (exact) mass is 405 g/mol. The molecule has 5 heteroatoms. The van der Waals surface area contributed by atoms with E-state index in [0.29, 0.717) is 18.4 Å². The number of nitrogens with one attached hydrogen (secondary N) is 1. The maximum absolute atomic E-state index is 12.6. The molecule has 2 aromatic rings. The highest BCUT2D eigenvalue weighted by Crippen LogP contribution is 2.35. The van der Waals surface area contributed by atoms with Crippen LogP contribution in [-0.2, 0) is 13.0 Å². The number of likely N-dealkylation sites (tertiary alicyclic amines) is 1. The fourth-order valence-electron chi connectivity index (χ4n) is 4.78. The third kappa shape index (κ3) is 4.51. The van der Waals surface area contributed by atoms with Gasteiger partial charge in [-0.15, -0.1) is 6.58 Å². The van der Waals surface area contributed by atoms with Crippen LogP contribution in [-0.4, -0.2) is 55.7 Å². The van der Waals surface area contributed by atoms with Gasteiger partial charge in [0.2, 0.25) is 0 Å². The van der Waals surface area contributed by atoms with E-state index < -0.39 is 0 Å². The number of hydrogen-bond acceptors (Lipinski definition) is 3. The summed E-state index contributed by atoms with van der Waals surface area (Å²) in [5.41, 5.74) is 4.14. The molecule has 5 nitrogen and oxygen atoms in total. The van der Waals surface area contributed by atoms with Gasteiger partial charge in [-0.05, 0) is 41.2 Å². The van der Waals surface area contributed by atoms with Crippen molar-refractivity contribution in [3.63, 3.8) is 0 Å². The van der Waals surface area contributed by atoms with Crippen LogP contribution in [0.2, 0.25) is 0 Å². The summed E-state index contributed by atoms with van der Waals surface area (Å²) in [6.45, 7) is 8.73. The predicted octanol–water partition coefficient (Wildman–Crippen LogP) is 3.66. The topological polar surface area (TPSA) is 44.8 Å². The summed E-state index contributed by atoms with van der Waals surface area (Å²) in [6.07, 6.45) is 2.81. The van der Waals surface area contributed by atoms with E-state index >= 15 is 0 Å². The van der Waals surface area contributed by atoms with Gasteiger partial charge in [0.25, 0.3) is 0 Å². The average Bonchev–Trinajstić information content (AvgIpc) is 3.21. The average molecular weight is 406 g/mol. The van der Waals surface area contributed by atoms with Crippen LogP contribution in [0.25, 0.3) is 0 Å². The SMILES string of the molecule is C=CCNC(=O)N1CC(CN2CCc3ccccc3C2)C(c2cccc(OC)c2)C1. The van der Waals surface area contributed by atoms with Gasteiger partial charge in [-0.1, -0.05) is 42.5 Å². The molecular formula is C25H31N3O2. The highest BCUT2D eigenvalue weighted by Gasteiger charge is 2.37. The Bertz CT molecular complexity index is 897. The molecule has 2 aromatic carbocycles. The van der Waals surface area contributed by atoms with Crippen molar-refractivity contribution in [2.75, 3.05) is 39.8 Å². The number of rotatable bonds is 6. The molecule has 0 bridgehead atoms. The third-order valence-electron chi connectivity index (χ3n) is 6.35. The number of methoxy groups -OCH3 is 1. The number of urea groups is 1. The first-order valence-corrected chi connectivity index (χ1v) is 10.7. The van der Waals surface area contributed by atoms with Crippen molar-refractivity contribution in [2.24, 2.45) is 5.92 Å². The first kappa shape index (κ1) is 20.5. The van der Waals surface area contributed by atoms with E-state index in [-0.39, 0.29) is 6.03 Å². The summed E-state index contributed by atoms with van der Waals surface area (Å²) in [4.78, 5) is 17.1. The number of ether oxygens (including phenoxy) is 1. The molecule has 2 aliphatic rings. The van der Waals surface area contributed by atoms with Crippen LogP contribution < -0.4 is 10.1 Å². The van der Waals surface area contributed by atoms with E-state index in [1.807, 2.05) is 17.0 Å². The molecule has 2 unspecified atom stereocenters. The zero-order valence-corrected chi connectivity index (χ0v) is 17.7. The minimum Gasteiger partial charge on any atom is -0.497 e. The van der Waals surface area contributed by atoms with Crippen molar-refractivity contribution in [1.82, 2.24) is 15.1 Å². The van der Waals surface area contributed by atoms with E-state index in [2.05, 4.69) is 53.2 Å². The lowest BCUT2D eigenvalue weighted by Crippen LogP contribution is -2.40. The van der Waals surface area contributed by atoms with Crippen LogP contribution in [0.3, 0.4) is 0 Å². The zero-order chi connectivity index (χ0) is 20.9. The standard InChI is InChI=1S/C25H31N3O2/c1-3-12-26-25(29)28-17-22(24(18-28)20-9-6-10-23(14-20)30-2)16-27-13-11-19-7-4-5-8-21(19)15-27/h3-10,14,22,24H,1,11-13,15-18H2,2H3,(H,26,29). The van der Waals surface area contributed by atoms with Gasteiger partial charge in [-0.2, -0.15) is 0 Å². The Balaban J connectivity index is 1.51. The second kappa shape index (κ2) is 9.35. The molecule has 2 heterocycles. The van der Waals surface area contributed by atoms with Crippen LogP contribution in [0, 0.1) is 5.92 Å². The zero-order valence-electron chi connectivity index (χ0n) is 17.7. The van der Waals surface area contributed by atoms with Crippen molar-refractivity contribution in [2.45, 2.75) is 18.9 Å². The largest absolute Gasteiger partial charge is 0.497 e. The Morgan fingerprint density at radius 1 is 1.20 bits per heavy atom. The molecule has 158 valence electrons. The molecule has 0 saturated carbocycles. The van der Waals surface area contributed by atoms with E-state index in [0.717, 1.165) is 44.9 Å². The van der Waals surface area contributed by atoms with Crippen LogP contribution in [0.15, 0.2) is 61.2 Å². The first-order chi connectivity index (χ1) is 14.7. The molecule has 2 aliphatic heterocycles. The van der Waals surface area contributed by atoms with E-state index in [4.69, 9.17) is 4.74 Å². The highest BCUT2D eigenvalue weighted by molar-refractivity contribution is 5.74. The molecule has 4 rings (SSSR count). The van der Waals surface area contributed by atoms with Gasteiger partial charge in [0.15, 0.2) is 0 Å². The Morgan fingerprint density at radius 3 is 2.83 bits per heavy atom. The molecular weight excluding hydrogens is 374 g/mol. The highest BCUT2D eigenvalue weighted by atomic mass is 16.5. The Kier molecular flexibility index (Phi) is 6.38. The van der Waals surface area contributed by atoms with Gasteiger partial charge in [-0.3, -0.25) is 4.90 Å². The third-order valence-corrected chi connectivity index (χ3v) is 6.35. The van der Waals surface area contributed by atoms with Gasteiger partial charge in [0, 0.05) is 45.2 Å². The van der Waals surface area contributed by atoms with E-state index in [9.17, 15) is 4.79 Å². The van der Waals surface area contributed by atoms with Crippen molar-refractivity contribution in [3.05, 3.63) is 77.9 Å². The van der Waals surface area contributed by atoms with Crippen LogP contribution in [0.4, 0.5) is 4.79 Å². The van der Waals surface area contributed by atoms with E-state index in [1.54, 1.807) is 13.2 Å². The molecule has 1 N–H and O–H groups in total. The molecule has 0 aliphatic carbocycles. The number of carbonyl (C=O) groups is 1. The summed E-state index contributed by atoms with van der Waals surface area (Å²) in [5, 5.41) is 2.94. The van der Waals surface area contributed by atoms with E-state index in [1.165, 1.54) is 16.7 Å². The Hall–Kier alpha value is -2.79. The second-order valence-corrected chi connectivity index (χ2v) is 8.28. The minimum atomic E-state index is -0.00529. The molecule has 2 atom stereocenters. The lowest BCUT2D eigenvalue weighted by molar-refractivity contribution is 0.195. The number of benzene rings is 2. The maximum atomic E-state index is 12.6. The van der Waals surface area contributed by atoms with Crippen LogP contribution in [0.5, 0.6) is 5.75 Å². The molecule has 1 fully saturated rings.